The highest BCUT2D eigenvalue weighted by atomic mass is 19.1. The van der Waals surface area contributed by atoms with Gasteiger partial charge in [0, 0.05) is 18.2 Å². The standard InChI is InChI=1S/C19H21F2NO2/c1-3-23-17-9-12-7-8-22-19(15(12)11-18(17)24-4-2)14-6-5-13(20)10-16(14)21/h5-6,9-11,19,22H,3-4,7-8H2,1-2H3/t19-/m1/s1. The van der Waals surface area contributed by atoms with E-state index in [0.29, 0.717) is 36.8 Å². The number of nitrogens with one attached hydrogen (secondary N) is 1. The fourth-order valence-electron chi connectivity index (χ4n) is 3.11. The topological polar surface area (TPSA) is 30.5 Å². The van der Waals surface area contributed by atoms with Gasteiger partial charge < -0.3 is 14.8 Å². The van der Waals surface area contributed by atoms with E-state index in [1.807, 2.05) is 26.0 Å². The van der Waals surface area contributed by atoms with Crippen LogP contribution < -0.4 is 14.8 Å². The van der Waals surface area contributed by atoms with Crippen LogP contribution in [0.25, 0.3) is 0 Å². The molecule has 3 rings (SSSR count). The number of hydrogen-bond acceptors (Lipinski definition) is 3. The Balaban J connectivity index is 2.07. The van der Waals surface area contributed by atoms with Gasteiger partial charge in [-0.05, 0) is 49.6 Å². The van der Waals surface area contributed by atoms with Crippen molar-refractivity contribution < 1.29 is 18.3 Å². The van der Waals surface area contributed by atoms with Crippen molar-refractivity contribution in [1.29, 1.82) is 0 Å². The quantitative estimate of drug-likeness (QED) is 0.897. The first kappa shape index (κ1) is 16.7. The van der Waals surface area contributed by atoms with Crippen LogP contribution in [0.4, 0.5) is 8.78 Å². The summed E-state index contributed by atoms with van der Waals surface area (Å²) in [4.78, 5) is 0. The Hall–Kier alpha value is -2.14. The van der Waals surface area contributed by atoms with Crippen molar-refractivity contribution in [1.82, 2.24) is 5.32 Å². The maximum Gasteiger partial charge on any atom is 0.161 e. The minimum Gasteiger partial charge on any atom is -0.490 e. The van der Waals surface area contributed by atoms with Gasteiger partial charge in [-0.1, -0.05) is 6.07 Å². The maximum atomic E-state index is 14.2. The molecule has 0 aliphatic carbocycles. The van der Waals surface area contributed by atoms with E-state index in [2.05, 4.69) is 5.32 Å². The fraction of sp³-hybridized carbons (Fsp3) is 0.368. The molecule has 5 heteroatoms. The summed E-state index contributed by atoms with van der Waals surface area (Å²) in [5.41, 5.74) is 2.47. The van der Waals surface area contributed by atoms with E-state index in [9.17, 15) is 8.78 Å². The van der Waals surface area contributed by atoms with Gasteiger partial charge in [-0.2, -0.15) is 0 Å². The van der Waals surface area contributed by atoms with Gasteiger partial charge in [-0.3, -0.25) is 0 Å². The lowest BCUT2D eigenvalue weighted by molar-refractivity contribution is 0.286. The second-order valence-corrected chi connectivity index (χ2v) is 5.67. The third-order valence-corrected chi connectivity index (χ3v) is 4.13. The average molecular weight is 333 g/mol. The van der Waals surface area contributed by atoms with Crippen molar-refractivity contribution in [3.05, 3.63) is 58.7 Å². The molecule has 1 aliphatic heterocycles. The van der Waals surface area contributed by atoms with Gasteiger partial charge >= 0.3 is 0 Å². The van der Waals surface area contributed by atoms with E-state index in [1.54, 1.807) is 0 Å². The Bertz CT molecular complexity index is 734. The first-order valence-corrected chi connectivity index (χ1v) is 8.24. The van der Waals surface area contributed by atoms with Crippen LogP contribution in [0, 0.1) is 11.6 Å². The van der Waals surface area contributed by atoms with E-state index < -0.39 is 11.6 Å². The summed E-state index contributed by atoms with van der Waals surface area (Å²) in [6.45, 7) is 5.61. The fourth-order valence-corrected chi connectivity index (χ4v) is 3.11. The molecule has 0 spiro atoms. The van der Waals surface area contributed by atoms with E-state index in [0.717, 1.165) is 23.6 Å². The Labute approximate surface area is 140 Å². The van der Waals surface area contributed by atoms with Crippen LogP contribution in [-0.2, 0) is 6.42 Å². The first-order chi connectivity index (χ1) is 11.6. The van der Waals surface area contributed by atoms with Crippen molar-refractivity contribution in [2.45, 2.75) is 26.3 Å². The monoisotopic (exact) mass is 333 g/mol. The van der Waals surface area contributed by atoms with Gasteiger partial charge in [-0.15, -0.1) is 0 Å². The molecule has 1 heterocycles. The van der Waals surface area contributed by atoms with E-state index in [-0.39, 0.29) is 6.04 Å². The van der Waals surface area contributed by atoms with Gasteiger partial charge in [-0.25, -0.2) is 8.78 Å². The summed E-state index contributed by atoms with van der Waals surface area (Å²) in [7, 11) is 0. The minimum absolute atomic E-state index is 0.329. The van der Waals surface area contributed by atoms with Gasteiger partial charge in [0.2, 0.25) is 0 Å². The maximum absolute atomic E-state index is 14.2. The molecule has 1 aliphatic rings. The molecule has 0 saturated carbocycles. The normalized spacial score (nSPS) is 16.6. The Kier molecular flexibility index (Phi) is 5.00. The summed E-state index contributed by atoms with van der Waals surface area (Å²) >= 11 is 0. The molecule has 2 aromatic carbocycles. The van der Waals surface area contributed by atoms with Crippen LogP contribution in [0.2, 0.25) is 0 Å². The number of fused-ring (bicyclic) bond motifs is 1. The Morgan fingerprint density at radius 3 is 2.38 bits per heavy atom. The smallest absolute Gasteiger partial charge is 0.161 e. The van der Waals surface area contributed by atoms with Crippen molar-refractivity contribution in [3.8, 4) is 11.5 Å². The van der Waals surface area contributed by atoms with Crippen molar-refractivity contribution >= 4 is 0 Å². The van der Waals surface area contributed by atoms with Gasteiger partial charge in [0.05, 0.1) is 19.3 Å². The molecule has 1 N–H and O–H groups in total. The van der Waals surface area contributed by atoms with Gasteiger partial charge in [0.25, 0.3) is 0 Å². The molecule has 24 heavy (non-hydrogen) atoms. The molecule has 128 valence electrons. The summed E-state index contributed by atoms with van der Waals surface area (Å²) in [5.74, 6) is 0.230. The molecule has 0 radical (unpaired) electrons. The summed E-state index contributed by atoms with van der Waals surface area (Å²) in [6, 6.07) is 7.25. The van der Waals surface area contributed by atoms with Crippen LogP contribution in [0.5, 0.6) is 11.5 Å². The molecule has 0 fully saturated rings. The van der Waals surface area contributed by atoms with Crippen LogP contribution >= 0.6 is 0 Å². The van der Waals surface area contributed by atoms with Crippen molar-refractivity contribution in [3.63, 3.8) is 0 Å². The number of halogens is 2. The second kappa shape index (κ2) is 7.18. The molecule has 3 nitrogen and oxygen atoms in total. The highest BCUT2D eigenvalue weighted by Gasteiger charge is 2.26. The number of hydrogen-bond donors (Lipinski definition) is 1. The second-order valence-electron chi connectivity index (χ2n) is 5.67. The zero-order valence-corrected chi connectivity index (χ0v) is 13.9. The zero-order chi connectivity index (χ0) is 17.1. The molecule has 0 bridgehead atoms. The SMILES string of the molecule is CCOc1cc2c(cc1OCC)[C@@H](c1ccc(F)cc1F)NCC2. The molecule has 2 aromatic rings. The van der Waals surface area contributed by atoms with Crippen molar-refractivity contribution in [2.75, 3.05) is 19.8 Å². The number of benzene rings is 2. The average Bonchev–Trinajstić information content (AvgIpc) is 2.56. The third-order valence-electron chi connectivity index (χ3n) is 4.13. The van der Waals surface area contributed by atoms with Gasteiger partial charge in [0.1, 0.15) is 11.6 Å². The lowest BCUT2D eigenvalue weighted by Gasteiger charge is -2.29. The number of rotatable bonds is 5. The van der Waals surface area contributed by atoms with E-state index >= 15 is 0 Å². The van der Waals surface area contributed by atoms with Crippen LogP contribution in [0.15, 0.2) is 30.3 Å². The predicted molar refractivity (Wildman–Crippen MR) is 88.7 cm³/mol. The summed E-state index contributed by atoms with van der Waals surface area (Å²) in [5, 5.41) is 3.31. The largest absolute Gasteiger partial charge is 0.490 e. The Morgan fingerprint density at radius 1 is 1.00 bits per heavy atom. The zero-order valence-electron chi connectivity index (χ0n) is 13.9. The van der Waals surface area contributed by atoms with Crippen molar-refractivity contribution in [2.24, 2.45) is 0 Å². The summed E-state index contributed by atoms with van der Waals surface area (Å²) in [6.07, 6.45) is 0.821. The molecule has 0 unspecified atom stereocenters. The lowest BCUT2D eigenvalue weighted by Crippen LogP contribution is -2.31. The minimum atomic E-state index is -0.575. The molecular weight excluding hydrogens is 312 g/mol. The lowest BCUT2D eigenvalue weighted by atomic mass is 9.89. The number of ether oxygens (including phenoxy) is 2. The highest BCUT2D eigenvalue weighted by molar-refractivity contribution is 5.51. The molecule has 0 saturated heterocycles. The molecule has 1 atom stereocenters. The third kappa shape index (κ3) is 3.22. The molecular formula is C19H21F2NO2. The van der Waals surface area contributed by atoms with E-state index in [1.165, 1.54) is 12.1 Å². The van der Waals surface area contributed by atoms with Crippen LogP contribution in [0.1, 0.15) is 36.6 Å². The molecule has 0 amide bonds. The van der Waals surface area contributed by atoms with Crippen LogP contribution in [0.3, 0.4) is 0 Å². The summed E-state index contributed by atoms with van der Waals surface area (Å²) < 4.78 is 38.8. The predicted octanol–water partition coefficient (Wildman–Crippen LogP) is 4.00. The van der Waals surface area contributed by atoms with Gasteiger partial charge in [0.15, 0.2) is 11.5 Å². The van der Waals surface area contributed by atoms with Crippen LogP contribution in [-0.4, -0.2) is 19.8 Å². The highest BCUT2D eigenvalue weighted by Crippen LogP contribution is 2.38. The van der Waals surface area contributed by atoms with E-state index in [4.69, 9.17) is 9.47 Å². The molecule has 0 aromatic heterocycles. The first-order valence-electron chi connectivity index (χ1n) is 8.24. The Morgan fingerprint density at radius 2 is 1.71 bits per heavy atom.